The van der Waals surface area contributed by atoms with Gasteiger partial charge in [0.25, 0.3) is 0 Å². The lowest BCUT2D eigenvalue weighted by Gasteiger charge is -2.22. The molecular formula is C11H19N3. The Kier molecular flexibility index (Phi) is 3.46. The third-order valence-electron chi connectivity index (χ3n) is 2.94. The van der Waals surface area contributed by atoms with Crippen LogP contribution in [0.5, 0.6) is 0 Å². The summed E-state index contributed by atoms with van der Waals surface area (Å²) in [5.74, 6) is 0.919. The molecule has 1 aliphatic rings. The molecule has 0 aromatic carbocycles. The summed E-state index contributed by atoms with van der Waals surface area (Å²) in [6, 6.07) is 2.07. The third-order valence-corrected chi connectivity index (χ3v) is 2.94. The van der Waals surface area contributed by atoms with Gasteiger partial charge in [-0.05, 0) is 44.3 Å². The van der Waals surface area contributed by atoms with Crippen molar-refractivity contribution in [3.05, 3.63) is 18.5 Å². The van der Waals surface area contributed by atoms with E-state index in [1.54, 1.807) is 0 Å². The minimum Gasteiger partial charge on any atom is -0.384 e. The lowest BCUT2D eigenvalue weighted by Crippen LogP contribution is -2.28. The highest BCUT2D eigenvalue weighted by Crippen LogP contribution is 2.15. The predicted octanol–water partition coefficient (Wildman–Crippen LogP) is 1.82. The molecule has 2 rings (SSSR count). The lowest BCUT2D eigenvalue weighted by molar-refractivity contribution is 0.361. The fourth-order valence-electron chi connectivity index (χ4n) is 2.02. The number of nitrogens with one attached hydrogen (secondary N) is 3. The van der Waals surface area contributed by atoms with Gasteiger partial charge in [-0.15, -0.1) is 0 Å². The molecule has 1 fully saturated rings. The van der Waals surface area contributed by atoms with Crippen LogP contribution < -0.4 is 10.6 Å². The van der Waals surface area contributed by atoms with E-state index in [4.69, 9.17) is 0 Å². The van der Waals surface area contributed by atoms with Gasteiger partial charge in [-0.2, -0.15) is 0 Å². The van der Waals surface area contributed by atoms with Gasteiger partial charge in [-0.3, -0.25) is 0 Å². The van der Waals surface area contributed by atoms with Crippen LogP contribution in [-0.4, -0.2) is 24.6 Å². The van der Waals surface area contributed by atoms with Crippen molar-refractivity contribution in [2.75, 3.05) is 25.0 Å². The molecule has 14 heavy (non-hydrogen) atoms. The van der Waals surface area contributed by atoms with Crippen LogP contribution in [0.3, 0.4) is 0 Å². The Hall–Kier alpha value is -0.960. The van der Waals surface area contributed by atoms with E-state index in [2.05, 4.69) is 21.7 Å². The van der Waals surface area contributed by atoms with Crippen LogP contribution in [0.4, 0.5) is 5.69 Å². The van der Waals surface area contributed by atoms with Gasteiger partial charge in [0, 0.05) is 18.9 Å². The van der Waals surface area contributed by atoms with Gasteiger partial charge in [0.2, 0.25) is 0 Å². The van der Waals surface area contributed by atoms with Crippen molar-refractivity contribution in [2.24, 2.45) is 5.92 Å². The summed E-state index contributed by atoms with van der Waals surface area (Å²) in [5, 5.41) is 6.81. The van der Waals surface area contributed by atoms with Crippen LogP contribution in [0.2, 0.25) is 0 Å². The molecule has 3 nitrogen and oxygen atoms in total. The largest absolute Gasteiger partial charge is 0.384 e. The highest BCUT2D eigenvalue weighted by Gasteiger charge is 2.11. The monoisotopic (exact) mass is 193 g/mol. The molecule has 0 spiro atoms. The Bertz CT molecular complexity index is 237. The molecule has 1 aromatic heterocycles. The molecule has 1 saturated heterocycles. The van der Waals surface area contributed by atoms with Crippen molar-refractivity contribution in [2.45, 2.75) is 19.3 Å². The Morgan fingerprint density at radius 3 is 2.93 bits per heavy atom. The van der Waals surface area contributed by atoms with Crippen molar-refractivity contribution in [3.8, 4) is 0 Å². The van der Waals surface area contributed by atoms with Crippen LogP contribution in [0.1, 0.15) is 19.3 Å². The lowest BCUT2D eigenvalue weighted by atomic mass is 9.95. The molecule has 0 aliphatic carbocycles. The van der Waals surface area contributed by atoms with Crippen molar-refractivity contribution >= 4 is 5.69 Å². The minimum absolute atomic E-state index is 0.919. The quantitative estimate of drug-likeness (QED) is 0.682. The van der Waals surface area contributed by atoms with E-state index < -0.39 is 0 Å². The predicted molar refractivity (Wildman–Crippen MR) is 59.5 cm³/mol. The first-order valence-electron chi connectivity index (χ1n) is 5.52. The molecule has 3 N–H and O–H groups in total. The number of rotatable bonds is 4. The highest BCUT2D eigenvalue weighted by molar-refractivity contribution is 5.39. The zero-order valence-corrected chi connectivity index (χ0v) is 8.55. The molecule has 2 heterocycles. The summed E-state index contributed by atoms with van der Waals surface area (Å²) in [7, 11) is 0. The number of piperidine rings is 1. The fraction of sp³-hybridized carbons (Fsp3) is 0.636. The number of aromatic nitrogens is 1. The van der Waals surface area contributed by atoms with E-state index in [0.717, 1.165) is 12.5 Å². The highest BCUT2D eigenvalue weighted by atomic mass is 14.9. The number of hydrogen-bond donors (Lipinski definition) is 3. The van der Waals surface area contributed by atoms with Crippen molar-refractivity contribution < 1.29 is 0 Å². The third kappa shape index (κ3) is 2.77. The minimum atomic E-state index is 0.919. The van der Waals surface area contributed by atoms with Crippen LogP contribution in [0, 0.1) is 5.92 Å². The second kappa shape index (κ2) is 5.05. The fourth-order valence-corrected chi connectivity index (χ4v) is 2.02. The van der Waals surface area contributed by atoms with Crippen molar-refractivity contribution in [1.29, 1.82) is 0 Å². The number of hydrogen-bond acceptors (Lipinski definition) is 2. The average Bonchev–Trinajstić information content (AvgIpc) is 2.72. The summed E-state index contributed by atoms with van der Waals surface area (Å²) in [5.41, 5.74) is 1.21. The first-order valence-corrected chi connectivity index (χ1v) is 5.52. The van der Waals surface area contributed by atoms with Crippen LogP contribution in [-0.2, 0) is 0 Å². The van der Waals surface area contributed by atoms with Crippen molar-refractivity contribution in [1.82, 2.24) is 10.3 Å². The van der Waals surface area contributed by atoms with Gasteiger partial charge in [-0.25, -0.2) is 0 Å². The average molecular weight is 193 g/mol. The normalized spacial score (nSPS) is 18.3. The van der Waals surface area contributed by atoms with Gasteiger partial charge in [0.05, 0.1) is 5.69 Å². The van der Waals surface area contributed by atoms with Gasteiger partial charge < -0.3 is 15.6 Å². The van der Waals surface area contributed by atoms with Gasteiger partial charge in [-0.1, -0.05) is 0 Å². The molecule has 0 unspecified atom stereocenters. The Balaban J connectivity index is 1.62. The second-order valence-electron chi connectivity index (χ2n) is 4.01. The van der Waals surface area contributed by atoms with Crippen LogP contribution in [0.15, 0.2) is 18.5 Å². The molecule has 0 amide bonds. The molecule has 0 atom stereocenters. The molecule has 0 saturated carbocycles. The summed E-state index contributed by atoms with van der Waals surface area (Å²) in [4.78, 5) is 3.05. The van der Waals surface area contributed by atoms with E-state index in [0.29, 0.717) is 0 Å². The van der Waals surface area contributed by atoms with E-state index >= 15 is 0 Å². The van der Waals surface area contributed by atoms with Gasteiger partial charge in [0.15, 0.2) is 0 Å². The topological polar surface area (TPSA) is 39.8 Å². The standard InChI is InChI=1S/C11H19N3/c1-5-12-6-2-10(1)3-8-14-11-4-7-13-9-11/h4,7,9-10,12-14H,1-3,5-6,8H2. The molecule has 1 aromatic rings. The maximum Gasteiger partial charge on any atom is 0.0517 e. The summed E-state index contributed by atoms with van der Waals surface area (Å²) >= 11 is 0. The van der Waals surface area contributed by atoms with Crippen LogP contribution >= 0.6 is 0 Å². The van der Waals surface area contributed by atoms with Gasteiger partial charge in [0.1, 0.15) is 0 Å². The SMILES string of the molecule is c1cc(NCCC2CCNCC2)c[nH]1. The van der Waals surface area contributed by atoms with E-state index in [1.165, 1.54) is 38.0 Å². The summed E-state index contributed by atoms with van der Waals surface area (Å²) in [6.45, 7) is 3.51. The Morgan fingerprint density at radius 2 is 2.21 bits per heavy atom. The van der Waals surface area contributed by atoms with Crippen LogP contribution in [0.25, 0.3) is 0 Å². The molecule has 78 valence electrons. The summed E-state index contributed by atoms with van der Waals surface area (Å²) < 4.78 is 0. The zero-order chi connectivity index (χ0) is 9.64. The van der Waals surface area contributed by atoms with E-state index in [-0.39, 0.29) is 0 Å². The number of aromatic amines is 1. The summed E-state index contributed by atoms with van der Waals surface area (Å²) in [6.07, 6.45) is 7.94. The van der Waals surface area contributed by atoms with E-state index in [1.807, 2.05) is 12.4 Å². The molecule has 1 aliphatic heterocycles. The maximum atomic E-state index is 3.42. The Labute approximate surface area is 85.3 Å². The Morgan fingerprint density at radius 1 is 1.36 bits per heavy atom. The molecular weight excluding hydrogens is 174 g/mol. The van der Waals surface area contributed by atoms with Gasteiger partial charge >= 0.3 is 0 Å². The number of anilines is 1. The second-order valence-corrected chi connectivity index (χ2v) is 4.01. The maximum absolute atomic E-state index is 3.42. The zero-order valence-electron chi connectivity index (χ0n) is 8.55. The molecule has 0 radical (unpaired) electrons. The van der Waals surface area contributed by atoms with E-state index in [9.17, 15) is 0 Å². The van der Waals surface area contributed by atoms with Crippen molar-refractivity contribution in [3.63, 3.8) is 0 Å². The molecule has 3 heteroatoms. The smallest absolute Gasteiger partial charge is 0.0517 e. The number of H-pyrrole nitrogens is 1. The molecule has 0 bridgehead atoms. The first kappa shape index (κ1) is 9.59. The first-order chi connectivity index (χ1) is 6.95.